The van der Waals surface area contributed by atoms with Crippen LogP contribution in [-0.4, -0.2) is 5.84 Å². The van der Waals surface area contributed by atoms with Gasteiger partial charge in [0.1, 0.15) is 11.9 Å². The van der Waals surface area contributed by atoms with Crippen LogP contribution in [0, 0.1) is 13.8 Å². The monoisotopic (exact) mass is 336 g/mol. The third-order valence-electron chi connectivity index (χ3n) is 3.34. The molecule has 0 amide bonds. The van der Waals surface area contributed by atoms with Crippen molar-refractivity contribution in [3.8, 4) is 0 Å². The lowest BCUT2D eigenvalue weighted by Gasteiger charge is -2.20. The Morgan fingerprint density at radius 2 is 2.00 bits per heavy atom. The van der Waals surface area contributed by atoms with Crippen molar-refractivity contribution in [3.63, 3.8) is 0 Å². The molecule has 3 rings (SSSR count). The Bertz CT molecular complexity index is 746. The van der Waals surface area contributed by atoms with E-state index in [0.29, 0.717) is 10.1 Å². The van der Waals surface area contributed by atoms with Gasteiger partial charge in [-0.25, -0.2) is 0 Å². The van der Waals surface area contributed by atoms with Crippen molar-refractivity contribution in [2.24, 2.45) is 4.99 Å². The molecular weight excluding hydrogens is 323 g/mol. The fourth-order valence-electron chi connectivity index (χ4n) is 2.38. The number of nitrogens with one attached hydrogen (secondary N) is 1. The second-order valence-electron chi connectivity index (χ2n) is 4.93. The Labute approximate surface area is 138 Å². The van der Waals surface area contributed by atoms with Gasteiger partial charge in [-0.1, -0.05) is 35.3 Å². The van der Waals surface area contributed by atoms with Crippen LogP contribution in [0.15, 0.2) is 46.6 Å². The molecule has 0 saturated carbocycles. The molecule has 1 aliphatic heterocycles. The molecule has 0 radical (unpaired) electrons. The Balaban J connectivity index is 2.02. The van der Waals surface area contributed by atoms with Gasteiger partial charge in [-0.15, -0.1) is 11.3 Å². The van der Waals surface area contributed by atoms with Gasteiger partial charge in [-0.3, -0.25) is 4.99 Å². The van der Waals surface area contributed by atoms with Crippen molar-refractivity contribution in [2.75, 3.05) is 0 Å². The zero-order chi connectivity index (χ0) is 15.0. The Morgan fingerprint density at radius 3 is 2.67 bits per heavy atom. The van der Waals surface area contributed by atoms with Crippen LogP contribution in [0.3, 0.4) is 0 Å². The van der Waals surface area contributed by atoms with Crippen molar-refractivity contribution in [2.45, 2.75) is 19.9 Å². The van der Waals surface area contributed by atoms with Crippen molar-refractivity contribution in [1.29, 1.82) is 0 Å². The summed E-state index contributed by atoms with van der Waals surface area (Å²) in [6.45, 7) is 4.20. The Kier molecular flexibility index (Phi) is 4.07. The summed E-state index contributed by atoms with van der Waals surface area (Å²) in [6, 6.07) is 9.65. The molecule has 0 aliphatic carbocycles. The number of benzene rings is 1. The zero-order valence-corrected chi connectivity index (χ0v) is 14.0. The third kappa shape index (κ3) is 3.00. The van der Waals surface area contributed by atoms with E-state index in [2.05, 4.69) is 25.2 Å². The van der Waals surface area contributed by atoms with Crippen LogP contribution in [0.2, 0.25) is 5.02 Å². The van der Waals surface area contributed by atoms with Gasteiger partial charge in [0.2, 0.25) is 0 Å². The van der Waals surface area contributed by atoms with Crippen LogP contribution >= 0.6 is 34.5 Å². The fraction of sp³-hybridized carbons (Fsp3) is 0.188. The number of nitrogens with zero attached hydrogens (tertiary/aromatic N) is 1. The SMILES string of the molecule is Cc1cc(C2N=C(c3cccc(Cl)c3)NC=C2Cl)c(C)s1. The molecule has 2 heterocycles. The molecule has 108 valence electrons. The molecule has 0 saturated heterocycles. The molecule has 0 fully saturated rings. The summed E-state index contributed by atoms with van der Waals surface area (Å²) in [5, 5.41) is 4.53. The van der Waals surface area contributed by atoms with Crippen LogP contribution in [0.5, 0.6) is 0 Å². The molecule has 0 bridgehead atoms. The maximum atomic E-state index is 6.35. The second-order valence-corrected chi connectivity index (χ2v) is 7.27. The highest BCUT2D eigenvalue weighted by Gasteiger charge is 2.22. The average Bonchev–Trinajstić information content (AvgIpc) is 2.78. The van der Waals surface area contributed by atoms with Gasteiger partial charge in [0.15, 0.2) is 0 Å². The number of hydrogen-bond donors (Lipinski definition) is 1. The fourth-order valence-corrected chi connectivity index (χ4v) is 3.75. The predicted molar refractivity (Wildman–Crippen MR) is 91.6 cm³/mol. The topological polar surface area (TPSA) is 24.4 Å². The van der Waals surface area contributed by atoms with E-state index in [1.165, 1.54) is 15.3 Å². The van der Waals surface area contributed by atoms with E-state index in [-0.39, 0.29) is 6.04 Å². The molecular formula is C16H14Cl2N2S. The maximum absolute atomic E-state index is 6.35. The summed E-state index contributed by atoms with van der Waals surface area (Å²) in [5.41, 5.74) is 2.12. The van der Waals surface area contributed by atoms with Gasteiger partial charge in [-0.2, -0.15) is 0 Å². The minimum atomic E-state index is -0.146. The third-order valence-corrected chi connectivity index (χ3v) is 4.87. The van der Waals surface area contributed by atoms with Gasteiger partial charge in [0, 0.05) is 26.5 Å². The summed E-state index contributed by atoms with van der Waals surface area (Å²) in [6.07, 6.45) is 1.81. The summed E-state index contributed by atoms with van der Waals surface area (Å²) in [7, 11) is 0. The van der Waals surface area contributed by atoms with E-state index in [1.54, 1.807) is 11.3 Å². The molecule has 1 N–H and O–H groups in total. The van der Waals surface area contributed by atoms with E-state index in [9.17, 15) is 0 Å². The normalized spacial score (nSPS) is 18.0. The number of halogens is 2. The molecule has 21 heavy (non-hydrogen) atoms. The molecule has 2 nitrogen and oxygen atoms in total. The van der Waals surface area contributed by atoms with Crippen LogP contribution in [0.25, 0.3) is 0 Å². The molecule has 1 aromatic heterocycles. The van der Waals surface area contributed by atoms with Crippen LogP contribution in [0.1, 0.15) is 26.9 Å². The van der Waals surface area contributed by atoms with Gasteiger partial charge in [-0.05, 0) is 37.6 Å². The van der Waals surface area contributed by atoms with E-state index in [4.69, 9.17) is 28.2 Å². The largest absolute Gasteiger partial charge is 0.345 e. The highest BCUT2D eigenvalue weighted by Crippen LogP contribution is 2.36. The van der Waals surface area contributed by atoms with Crippen molar-refractivity contribution in [3.05, 3.63) is 67.5 Å². The Hall–Kier alpha value is -1.29. The molecule has 5 heteroatoms. The summed E-state index contributed by atoms with van der Waals surface area (Å²) >= 11 is 14.2. The van der Waals surface area contributed by atoms with Crippen LogP contribution in [0.4, 0.5) is 0 Å². The van der Waals surface area contributed by atoms with E-state index < -0.39 is 0 Å². The van der Waals surface area contributed by atoms with Crippen LogP contribution < -0.4 is 5.32 Å². The van der Waals surface area contributed by atoms with E-state index >= 15 is 0 Å². The molecule has 1 unspecified atom stereocenters. The highest BCUT2D eigenvalue weighted by molar-refractivity contribution is 7.12. The van der Waals surface area contributed by atoms with Crippen LogP contribution in [-0.2, 0) is 0 Å². The first-order valence-electron chi connectivity index (χ1n) is 6.57. The number of hydrogen-bond acceptors (Lipinski definition) is 3. The molecule has 0 spiro atoms. The average molecular weight is 337 g/mol. The minimum absolute atomic E-state index is 0.146. The lowest BCUT2D eigenvalue weighted by Crippen LogP contribution is -2.24. The zero-order valence-electron chi connectivity index (χ0n) is 11.7. The molecule has 1 aromatic carbocycles. The van der Waals surface area contributed by atoms with E-state index in [1.807, 2.05) is 30.5 Å². The Morgan fingerprint density at radius 1 is 1.19 bits per heavy atom. The maximum Gasteiger partial charge on any atom is 0.133 e. The van der Waals surface area contributed by atoms with Gasteiger partial charge in [0.25, 0.3) is 0 Å². The first kappa shape index (κ1) is 14.6. The van der Waals surface area contributed by atoms with Gasteiger partial charge in [0.05, 0.1) is 5.03 Å². The quantitative estimate of drug-likeness (QED) is 0.801. The molecule has 1 aliphatic rings. The standard InChI is InChI=1S/C16H14Cl2N2S/c1-9-6-13(10(2)21-9)15-14(18)8-19-16(20-15)11-4-3-5-12(17)7-11/h3-8,15H,1-2H3,(H,19,20). The van der Waals surface area contributed by atoms with Crippen molar-refractivity contribution >= 4 is 40.4 Å². The predicted octanol–water partition coefficient (Wildman–Crippen LogP) is 5.19. The highest BCUT2D eigenvalue weighted by atomic mass is 35.5. The summed E-state index contributed by atoms with van der Waals surface area (Å²) in [4.78, 5) is 7.29. The van der Waals surface area contributed by atoms with Gasteiger partial charge >= 0.3 is 0 Å². The summed E-state index contributed by atoms with van der Waals surface area (Å²) in [5.74, 6) is 0.787. The molecule has 2 aromatic rings. The lowest BCUT2D eigenvalue weighted by atomic mass is 10.1. The van der Waals surface area contributed by atoms with Gasteiger partial charge < -0.3 is 5.32 Å². The minimum Gasteiger partial charge on any atom is -0.345 e. The number of thiophene rings is 1. The summed E-state index contributed by atoms with van der Waals surface area (Å²) < 4.78 is 0. The first-order chi connectivity index (χ1) is 10.0. The van der Waals surface area contributed by atoms with Crippen molar-refractivity contribution < 1.29 is 0 Å². The lowest BCUT2D eigenvalue weighted by molar-refractivity contribution is 0.852. The first-order valence-corrected chi connectivity index (χ1v) is 8.14. The number of aliphatic imine (C=N–C) groups is 1. The number of rotatable bonds is 2. The second kappa shape index (κ2) is 5.84. The number of aryl methyl sites for hydroxylation is 2. The van der Waals surface area contributed by atoms with E-state index in [0.717, 1.165) is 11.4 Å². The number of amidine groups is 1. The van der Waals surface area contributed by atoms with Crippen molar-refractivity contribution in [1.82, 2.24) is 5.32 Å². The molecule has 1 atom stereocenters. The smallest absolute Gasteiger partial charge is 0.133 e.